The second kappa shape index (κ2) is 8.93. The maximum atomic E-state index is 5.56. The number of rotatable bonds is 8. The lowest BCUT2D eigenvalue weighted by molar-refractivity contribution is 0.509. The number of nitrogens with two attached hydrogens (primary N) is 3. The van der Waals surface area contributed by atoms with E-state index in [1.165, 1.54) is 12.8 Å². The molecule has 0 aliphatic rings. The van der Waals surface area contributed by atoms with Gasteiger partial charge in [0.2, 0.25) is 0 Å². The number of hydrogen-bond donors (Lipinski definition) is 4. The molecule has 0 fully saturated rings. The lowest BCUT2D eigenvalue weighted by atomic mass is 10.2. The van der Waals surface area contributed by atoms with Gasteiger partial charge in [-0.2, -0.15) is 0 Å². The SMILES string of the molecule is NCCCCCCNC(N)CN. The van der Waals surface area contributed by atoms with E-state index in [4.69, 9.17) is 17.2 Å². The Hall–Kier alpha value is -0.160. The topological polar surface area (TPSA) is 90.1 Å². The van der Waals surface area contributed by atoms with Gasteiger partial charge in [-0.1, -0.05) is 12.8 Å². The van der Waals surface area contributed by atoms with Crippen LogP contribution in [0.1, 0.15) is 25.7 Å². The number of hydrogen-bond acceptors (Lipinski definition) is 4. The van der Waals surface area contributed by atoms with Crippen LogP contribution in [-0.2, 0) is 0 Å². The Morgan fingerprint density at radius 3 is 2.25 bits per heavy atom. The molecule has 0 aromatic heterocycles. The van der Waals surface area contributed by atoms with Gasteiger partial charge in [0.15, 0.2) is 0 Å². The van der Waals surface area contributed by atoms with Gasteiger partial charge in [0.25, 0.3) is 0 Å². The first-order valence-corrected chi connectivity index (χ1v) is 4.70. The van der Waals surface area contributed by atoms with Gasteiger partial charge >= 0.3 is 0 Å². The van der Waals surface area contributed by atoms with E-state index in [2.05, 4.69) is 5.32 Å². The second-order valence-corrected chi connectivity index (χ2v) is 3.00. The molecule has 0 aromatic rings. The van der Waals surface area contributed by atoms with Crippen LogP contribution in [0.2, 0.25) is 0 Å². The van der Waals surface area contributed by atoms with Crippen molar-refractivity contribution in [1.29, 1.82) is 0 Å². The Labute approximate surface area is 74.9 Å². The maximum absolute atomic E-state index is 5.56. The molecule has 12 heavy (non-hydrogen) atoms. The van der Waals surface area contributed by atoms with Crippen LogP contribution in [0.4, 0.5) is 0 Å². The van der Waals surface area contributed by atoms with Gasteiger partial charge in [0, 0.05) is 6.54 Å². The summed E-state index contributed by atoms with van der Waals surface area (Å²) in [7, 11) is 0. The molecule has 0 aromatic carbocycles. The molecule has 74 valence electrons. The van der Waals surface area contributed by atoms with Crippen molar-refractivity contribution in [3.63, 3.8) is 0 Å². The Morgan fingerprint density at radius 2 is 1.67 bits per heavy atom. The molecule has 1 unspecified atom stereocenters. The molecule has 1 atom stereocenters. The molecule has 0 aliphatic carbocycles. The number of nitrogens with one attached hydrogen (secondary N) is 1. The summed E-state index contributed by atoms with van der Waals surface area (Å²) in [6.45, 7) is 2.27. The fourth-order valence-corrected chi connectivity index (χ4v) is 0.994. The van der Waals surface area contributed by atoms with Gasteiger partial charge in [-0.05, 0) is 25.9 Å². The van der Waals surface area contributed by atoms with Crippen molar-refractivity contribution < 1.29 is 0 Å². The minimum atomic E-state index is -0.0421. The largest absolute Gasteiger partial charge is 0.330 e. The summed E-state index contributed by atoms with van der Waals surface area (Å²) in [5, 5.41) is 3.13. The third-order valence-electron chi connectivity index (χ3n) is 1.79. The predicted molar refractivity (Wildman–Crippen MR) is 52.6 cm³/mol. The van der Waals surface area contributed by atoms with Crippen LogP contribution in [-0.4, -0.2) is 25.8 Å². The van der Waals surface area contributed by atoms with Crippen LogP contribution in [0.3, 0.4) is 0 Å². The summed E-state index contributed by atoms with van der Waals surface area (Å²) in [4.78, 5) is 0. The van der Waals surface area contributed by atoms with Crippen molar-refractivity contribution in [2.75, 3.05) is 19.6 Å². The van der Waals surface area contributed by atoms with E-state index in [1.807, 2.05) is 0 Å². The molecule has 4 heteroatoms. The zero-order valence-corrected chi connectivity index (χ0v) is 7.76. The normalized spacial score (nSPS) is 13.2. The minimum absolute atomic E-state index is 0.0421. The van der Waals surface area contributed by atoms with Crippen molar-refractivity contribution >= 4 is 0 Å². The fraction of sp³-hybridized carbons (Fsp3) is 1.00. The van der Waals surface area contributed by atoms with Crippen molar-refractivity contribution in [3.8, 4) is 0 Å². The summed E-state index contributed by atoms with van der Waals surface area (Å²) in [5.41, 5.74) is 16.2. The lowest BCUT2D eigenvalue weighted by Gasteiger charge is -2.10. The highest BCUT2D eigenvalue weighted by Crippen LogP contribution is 1.96. The van der Waals surface area contributed by atoms with E-state index in [0.717, 1.165) is 25.9 Å². The fourth-order valence-electron chi connectivity index (χ4n) is 0.994. The van der Waals surface area contributed by atoms with E-state index >= 15 is 0 Å². The summed E-state index contributed by atoms with van der Waals surface area (Å²) < 4.78 is 0. The van der Waals surface area contributed by atoms with Crippen LogP contribution in [0, 0.1) is 0 Å². The first-order chi connectivity index (χ1) is 5.81. The molecule has 7 N–H and O–H groups in total. The molecule has 0 radical (unpaired) electrons. The van der Waals surface area contributed by atoms with Gasteiger partial charge in [0.1, 0.15) is 0 Å². The van der Waals surface area contributed by atoms with Gasteiger partial charge < -0.3 is 22.5 Å². The van der Waals surface area contributed by atoms with Crippen molar-refractivity contribution in [2.24, 2.45) is 17.2 Å². The van der Waals surface area contributed by atoms with Gasteiger partial charge in [0.05, 0.1) is 6.17 Å². The van der Waals surface area contributed by atoms with Crippen LogP contribution in [0.25, 0.3) is 0 Å². The highest BCUT2D eigenvalue weighted by molar-refractivity contribution is 4.58. The zero-order chi connectivity index (χ0) is 9.23. The van der Waals surface area contributed by atoms with Gasteiger partial charge in [-0.25, -0.2) is 0 Å². The van der Waals surface area contributed by atoms with E-state index in [9.17, 15) is 0 Å². The molecule has 0 heterocycles. The van der Waals surface area contributed by atoms with Crippen LogP contribution in [0.15, 0.2) is 0 Å². The Kier molecular flexibility index (Phi) is 8.81. The lowest BCUT2D eigenvalue weighted by Crippen LogP contribution is -2.43. The van der Waals surface area contributed by atoms with Crippen molar-refractivity contribution in [2.45, 2.75) is 31.8 Å². The minimum Gasteiger partial charge on any atom is -0.330 e. The Bertz CT molecular complexity index is 87.1. The zero-order valence-electron chi connectivity index (χ0n) is 7.76. The molecule has 0 aliphatic heterocycles. The molecule has 0 rings (SSSR count). The highest BCUT2D eigenvalue weighted by atomic mass is 15.0. The quantitative estimate of drug-likeness (QED) is 0.290. The van der Waals surface area contributed by atoms with E-state index in [-0.39, 0.29) is 6.17 Å². The molecule has 0 saturated heterocycles. The monoisotopic (exact) mass is 174 g/mol. The van der Waals surface area contributed by atoms with Gasteiger partial charge in [-0.3, -0.25) is 0 Å². The van der Waals surface area contributed by atoms with Crippen LogP contribution < -0.4 is 22.5 Å². The number of unbranched alkanes of at least 4 members (excludes halogenated alkanes) is 3. The maximum Gasteiger partial charge on any atom is 0.0672 e. The second-order valence-electron chi connectivity index (χ2n) is 3.00. The van der Waals surface area contributed by atoms with E-state index in [1.54, 1.807) is 0 Å². The summed E-state index contributed by atoms with van der Waals surface area (Å²) in [6.07, 6.45) is 4.69. The molecule has 4 nitrogen and oxygen atoms in total. The molecular formula is C8H22N4. The first-order valence-electron chi connectivity index (χ1n) is 4.70. The average Bonchev–Trinajstić information content (AvgIpc) is 2.10. The summed E-state index contributed by atoms with van der Waals surface area (Å²) >= 11 is 0. The highest BCUT2D eigenvalue weighted by Gasteiger charge is 1.95. The van der Waals surface area contributed by atoms with E-state index in [0.29, 0.717) is 6.54 Å². The first kappa shape index (κ1) is 11.8. The molecule has 0 spiro atoms. The Morgan fingerprint density at radius 1 is 1.00 bits per heavy atom. The van der Waals surface area contributed by atoms with Crippen LogP contribution >= 0.6 is 0 Å². The van der Waals surface area contributed by atoms with Crippen LogP contribution in [0.5, 0.6) is 0 Å². The molecule has 0 amide bonds. The van der Waals surface area contributed by atoms with Crippen molar-refractivity contribution in [1.82, 2.24) is 5.32 Å². The van der Waals surface area contributed by atoms with E-state index < -0.39 is 0 Å². The standard InChI is InChI=1S/C8H22N4/c9-5-3-1-2-4-6-12-8(11)7-10/h8,12H,1-7,9-11H2. The third-order valence-corrected chi connectivity index (χ3v) is 1.79. The van der Waals surface area contributed by atoms with Gasteiger partial charge in [-0.15, -0.1) is 0 Å². The average molecular weight is 174 g/mol. The summed E-state index contributed by atoms with van der Waals surface area (Å²) in [5.74, 6) is 0. The van der Waals surface area contributed by atoms with Crippen molar-refractivity contribution in [3.05, 3.63) is 0 Å². The molecule has 0 bridgehead atoms. The molecule has 0 saturated carbocycles. The Balaban J connectivity index is 2.90. The molecular weight excluding hydrogens is 152 g/mol. The smallest absolute Gasteiger partial charge is 0.0672 e. The third kappa shape index (κ3) is 7.94. The predicted octanol–water partition coefficient (Wildman–Crippen LogP) is -0.661. The summed E-state index contributed by atoms with van der Waals surface area (Å²) in [6, 6.07) is 0.